The summed E-state index contributed by atoms with van der Waals surface area (Å²) < 4.78 is 26.9. The van der Waals surface area contributed by atoms with Crippen LogP contribution in [0.15, 0.2) is 67.3 Å². The van der Waals surface area contributed by atoms with Crippen LogP contribution in [0.3, 0.4) is 0 Å². The van der Waals surface area contributed by atoms with Gasteiger partial charge in [-0.15, -0.1) is 6.58 Å². The van der Waals surface area contributed by atoms with Crippen molar-refractivity contribution < 1.29 is 13.9 Å². The summed E-state index contributed by atoms with van der Waals surface area (Å²) in [6, 6.07) is 18.4. The highest BCUT2D eigenvalue weighted by atomic mass is 127. The van der Waals surface area contributed by atoms with Crippen LogP contribution in [0.2, 0.25) is 0 Å². The molecule has 3 aromatic carbocycles. The number of ether oxygens (including phenoxy) is 2. The summed E-state index contributed by atoms with van der Waals surface area (Å²) in [5.74, 6) is 1.24. The van der Waals surface area contributed by atoms with Gasteiger partial charge in [-0.2, -0.15) is 5.26 Å². The van der Waals surface area contributed by atoms with Gasteiger partial charge < -0.3 is 14.5 Å². The molecule has 0 saturated carbocycles. The van der Waals surface area contributed by atoms with Crippen molar-refractivity contribution >= 4 is 45.3 Å². The summed E-state index contributed by atoms with van der Waals surface area (Å²) in [6.07, 6.45) is 4.09. The fourth-order valence-electron chi connectivity index (χ4n) is 3.67. The van der Waals surface area contributed by atoms with Crippen LogP contribution >= 0.6 is 22.6 Å². The molecule has 4 rings (SSSR count). The molecule has 1 heterocycles. The van der Waals surface area contributed by atoms with Gasteiger partial charge in [-0.05, 0) is 95.6 Å². The lowest BCUT2D eigenvalue weighted by molar-refractivity contribution is 0.267. The predicted octanol–water partition coefficient (Wildman–Crippen LogP) is 7.08. The van der Waals surface area contributed by atoms with Gasteiger partial charge in [-0.1, -0.05) is 18.2 Å². The lowest BCUT2D eigenvalue weighted by atomic mass is 10.0. The zero-order valence-electron chi connectivity index (χ0n) is 19.1. The van der Waals surface area contributed by atoms with E-state index in [1.54, 1.807) is 18.2 Å². The Bertz CT molecular complexity index is 1440. The van der Waals surface area contributed by atoms with Crippen LogP contribution in [0.1, 0.15) is 29.4 Å². The van der Waals surface area contributed by atoms with Gasteiger partial charge >= 0.3 is 0 Å². The SMILES string of the molecule is C=CCc1cc(/C=C(/C#N)c2nc3ccc(F)cc3[nH]2)cc(OCC)c1OCc1ccc(I)cc1. The van der Waals surface area contributed by atoms with E-state index in [0.717, 1.165) is 20.3 Å². The largest absolute Gasteiger partial charge is 0.490 e. The van der Waals surface area contributed by atoms with E-state index in [1.165, 1.54) is 12.1 Å². The highest BCUT2D eigenvalue weighted by Crippen LogP contribution is 2.36. The number of hydrogen-bond donors (Lipinski definition) is 1. The number of aromatic nitrogens is 2. The number of H-pyrrole nitrogens is 1. The maximum atomic E-state index is 13.6. The monoisotopic (exact) mass is 579 g/mol. The van der Waals surface area contributed by atoms with E-state index in [1.807, 2.05) is 43.3 Å². The van der Waals surface area contributed by atoms with E-state index in [4.69, 9.17) is 9.47 Å². The number of nitrogens with one attached hydrogen (secondary N) is 1. The topological polar surface area (TPSA) is 70.9 Å². The molecule has 0 radical (unpaired) electrons. The molecule has 0 fully saturated rings. The van der Waals surface area contributed by atoms with Gasteiger partial charge in [0.1, 0.15) is 24.3 Å². The van der Waals surface area contributed by atoms with Crippen molar-refractivity contribution in [3.63, 3.8) is 0 Å². The molecule has 1 aromatic heterocycles. The maximum absolute atomic E-state index is 13.6. The van der Waals surface area contributed by atoms with Gasteiger partial charge in [0, 0.05) is 9.13 Å². The fourth-order valence-corrected chi connectivity index (χ4v) is 4.03. The molecule has 176 valence electrons. The van der Waals surface area contributed by atoms with Gasteiger partial charge in [0.15, 0.2) is 11.5 Å². The molecule has 35 heavy (non-hydrogen) atoms. The number of fused-ring (bicyclic) bond motifs is 1. The van der Waals surface area contributed by atoms with Gasteiger partial charge in [0.2, 0.25) is 0 Å². The average molecular weight is 579 g/mol. The molecule has 0 bridgehead atoms. The van der Waals surface area contributed by atoms with Crippen molar-refractivity contribution in [3.8, 4) is 17.6 Å². The first-order valence-electron chi connectivity index (χ1n) is 11.1. The number of imidazole rings is 1. The van der Waals surface area contributed by atoms with E-state index >= 15 is 0 Å². The molecular weight excluding hydrogens is 556 g/mol. The second-order valence-corrected chi connectivity index (χ2v) is 9.01. The zero-order valence-corrected chi connectivity index (χ0v) is 21.3. The van der Waals surface area contributed by atoms with Crippen molar-refractivity contribution in [2.45, 2.75) is 20.0 Å². The smallest absolute Gasteiger partial charge is 0.165 e. The van der Waals surface area contributed by atoms with Crippen LogP contribution in [0.25, 0.3) is 22.7 Å². The molecule has 1 N–H and O–H groups in total. The molecule has 0 aliphatic carbocycles. The van der Waals surface area contributed by atoms with E-state index < -0.39 is 0 Å². The third-order valence-corrected chi connectivity index (χ3v) is 5.96. The average Bonchev–Trinajstić information content (AvgIpc) is 3.26. The third kappa shape index (κ3) is 5.89. The summed E-state index contributed by atoms with van der Waals surface area (Å²) in [5.41, 5.74) is 4.14. The first-order chi connectivity index (χ1) is 17.0. The van der Waals surface area contributed by atoms with Crippen molar-refractivity contribution in [2.24, 2.45) is 0 Å². The molecule has 0 aliphatic rings. The molecule has 5 nitrogen and oxygen atoms in total. The highest BCUT2D eigenvalue weighted by Gasteiger charge is 2.15. The Morgan fingerprint density at radius 3 is 2.69 bits per heavy atom. The van der Waals surface area contributed by atoms with Gasteiger partial charge in [0.05, 0.1) is 23.2 Å². The van der Waals surface area contributed by atoms with Crippen LogP contribution in [-0.4, -0.2) is 16.6 Å². The van der Waals surface area contributed by atoms with Crippen molar-refractivity contribution in [3.05, 3.63) is 99.2 Å². The minimum Gasteiger partial charge on any atom is -0.490 e. The van der Waals surface area contributed by atoms with Gasteiger partial charge in [0.25, 0.3) is 0 Å². The lowest BCUT2D eigenvalue weighted by Gasteiger charge is -2.17. The Morgan fingerprint density at radius 1 is 1.17 bits per heavy atom. The molecule has 0 aliphatic heterocycles. The Kier molecular flexibility index (Phi) is 7.83. The Labute approximate surface area is 217 Å². The second-order valence-electron chi connectivity index (χ2n) is 7.76. The van der Waals surface area contributed by atoms with Gasteiger partial charge in [-0.25, -0.2) is 9.37 Å². The molecule has 0 saturated heterocycles. The highest BCUT2D eigenvalue weighted by molar-refractivity contribution is 14.1. The molecule has 0 spiro atoms. The Hall–Kier alpha value is -3.64. The quantitative estimate of drug-likeness (QED) is 0.131. The predicted molar refractivity (Wildman–Crippen MR) is 145 cm³/mol. The van der Waals surface area contributed by atoms with Crippen molar-refractivity contribution in [1.29, 1.82) is 5.26 Å². The van der Waals surface area contributed by atoms with Crippen molar-refractivity contribution in [1.82, 2.24) is 9.97 Å². The maximum Gasteiger partial charge on any atom is 0.165 e. The minimum absolute atomic E-state index is 0.321. The van der Waals surface area contributed by atoms with Gasteiger partial charge in [-0.3, -0.25) is 0 Å². The van der Waals surface area contributed by atoms with E-state index in [-0.39, 0.29) is 5.82 Å². The lowest BCUT2D eigenvalue weighted by Crippen LogP contribution is -2.03. The second kappa shape index (κ2) is 11.2. The Balaban J connectivity index is 1.71. The van der Waals surface area contributed by atoms with E-state index in [0.29, 0.717) is 53.6 Å². The molecule has 4 aromatic rings. The summed E-state index contributed by atoms with van der Waals surface area (Å²) in [6.45, 7) is 6.64. The van der Waals surface area contributed by atoms with Crippen LogP contribution in [0.5, 0.6) is 11.5 Å². The fraction of sp³-hybridized carbons (Fsp3) is 0.143. The summed E-state index contributed by atoms with van der Waals surface area (Å²) in [4.78, 5) is 7.47. The molecule has 0 amide bonds. The van der Waals surface area contributed by atoms with Crippen molar-refractivity contribution in [2.75, 3.05) is 6.61 Å². The number of halogens is 2. The van der Waals surface area contributed by atoms with E-state index in [9.17, 15) is 9.65 Å². The van der Waals surface area contributed by atoms with Crippen LogP contribution in [-0.2, 0) is 13.0 Å². The Morgan fingerprint density at radius 2 is 1.97 bits per heavy atom. The van der Waals surface area contributed by atoms with Crippen LogP contribution in [0, 0.1) is 20.7 Å². The number of nitriles is 1. The number of allylic oxidation sites excluding steroid dienone is 2. The normalized spacial score (nSPS) is 11.3. The first kappa shape index (κ1) is 24.5. The number of nitrogens with zero attached hydrogens (tertiary/aromatic N) is 2. The number of aromatic amines is 1. The number of rotatable bonds is 9. The third-order valence-electron chi connectivity index (χ3n) is 5.25. The molecule has 0 atom stereocenters. The summed E-state index contributed by atoms with van der Waals surface area (Å²) in [5, 5.41) is 9.83. The molecular formula is C28H23FIN3O2. The van der Waals surface area contributed by atoms with Crippen LogP contribution < -0.4 is 9.47 Å². The summed E-state index contributed by atoms with van der Waals surface area (Å²) >= 11 is 2.27. The first-order valence-corrected chi connectivity index (χ1v) is 12.1. The zero-order chi connectivity index (χ0) is 24.8. The number of hydrogen-bond acceptors (Lipinski definition) is 4. The summed E-state index contributed by atoms with van der Waals surface area (Å²) in [7, 11) is 0. The molecule has 0 unspecified atom stereocenters. The molecule has 7 heteroatoms. The number of benzene rings is 3. The standard InChI is InChI=1S/C28H23FIN3O2/c1-3-5-20-12-19(13-21(16-31)28-32-24-11-8-22(29)15-25(24)33-28)14-26(34-4-2)27(20)35-17-18-6-9-23(30)10-7-18/h3,6-15H,1,4-5,17H2,2H3,(H,32,33)/b21-13-. The van der Waals surface area contributed by atoms with Crippen LogP contribution in [0.4, 0.5) is 4.39 Å². The van der Waals surface area contributed by atoms with E-state index in [2.05, 4.69) is 45.2 Å². The minimum atomic E-state index is -0.369.